The van der Waals surface area contributed by atoms with Crippen molar-refractivity contribution in [1.82, 2.24) is 20.4 Å². The Morgan fingerprint density at radius 2 is 2.00 bits per heavy atom. The second-order valence-electron chi connectivity index (χ2n) is 7.49. The van der Waals surface area contributed by atoms with Crippen molar-refractivity contribution in [1.29, 1.82) is 0 Å². The van der Waals surface area contributed by atoms with Crippen LogP contribution in [0.1, 0.15) is 37.3 Å². The van der Waals surface area contributed by atoms with Gasteiger partial charge in [-0.2, -0.15) is 0 Å². The number of rotatable bonds is 4. The Balaban J connectivity index is 1.44. The number of carbonyl (C=O) groups excluding carboxylic acids is 2. The largest absolute Gasteiger partial charge is 0.325 e. The first-order valence-corrected chi connectivity index (χ1v) is 9.81. The van der Waals surface area contributed by atoms with Crippen molar-refractivity contribution in [3.05, 3.63) is 34.9 Å². The molecule has 1 aromatic carbocycles. The summed E-state index contributed by atoms with van der Waals surface area (Å²) in [5, 5.41) is 7.11. The van der Waals surface area contributed by atoms with Gasteiger partial charge in [0.05, 0.1) is 0 Å². The average Bonchev–Trinajstić information content (AvgIpc) is 3.20. The maximum absolute atomic E-state index is 12.8. The monoisotopic (exact) mass is 376 g/mol. The van der Waals surface area contributed by atoms with E-state index in [9.17, 15) is 9.59 Å². The Bertz CT molecular complexity index is 705. The molecule has 2 heterocycles. The van der Waals surface area contributed by atoms with Crippen LogP contribution < -0.4 is 10.6 Å². The summed E-state index contributed by atoms with van der Waals surface area (Å²) in [6, 6.07) is 7.88. The van der Waals surface area contributed by atoms with E-state index < -0.39 is 5.54 Å². The van der Waals surface area contributed by atoms with Gasteiger partial charge < -0.3 is 10.6 Å². The minimum absolute atomic E-state index is 0.0329. The zero-order chi connectivity index (χ0) is 18.1. The molecule has 2 saturated heterocycles. The smallest absolute Gasteiger partial charge is 0.323 e. The van der Waals surface area contributed by atoms with Gasteiger partial charge in [-0.3, -0.25) is 14.6 Å². The molecule has 1 atom stereocenters. The van der Waals surface area contributed by atoms with Crippen molar-refractivity contribution < 1.29 is 9.59 Å². The topological polar surface area (TPSA) is 64.7 Å². The standard InChI is InChI=1S/C19H25ClN4O2/c20-15-5-3-4-14(12-15)16-13-21-8-9-23(16)10-11-24-17(25)19(22-18(24)26)6-1-2-7-19/h3-5,12,16,21H,1-2,6-11,13H2,(H,22,26). The zero-order valence-electron chi connectivity index (χ0n) is 14.8. The number of halogens is 1. The molecule has 3 aliphatic rings. The molecular weight excluding hydrogens is 352 g/mol. The first kappa shape index (κ1) is 17.8. The van der Waals surface area contributed by atoms with Gasteiger partial charge >= 0.3 is 6.03 Å². The van der Waals surface area contributed by atoms with Crippen LogP contribution in [0.5, 0.6) is 0 Å². The van der Waals surface area contributed by atoms with E-state index in [4.69, 9.17) is 11.6 Å². The third-order valence-corrected chi connectivity index (χ3v) is 6.14. The van der Waals surface area contributed by atoms with Crippen molar-refractivity contribution >= 4 is 23.5 Å². The van der Waals surface area contributed by atoms with E-state index >= 15 is 0 Å². The highest BCUT2D eigenvalue weighted by Gasteiger charge is 2.52. The third kappa shape index (κ3) is 3.21. The average molecular weight is 377 g/mol. The predicted octanol–water partition coefficient (Wildman–Crippen LogP) is 2.15. The molecule has 2 aliphatic heterocycles. The van der Waals surface area contributed by atoms with Crippen molar-refractivity contribution in [3.63, 3.8) is 0 Å². The molecule has 1 unspecified atom stereocenters. The van der Waals surface area contributed by atoms with Crippen molar-refractivity contribution in [3.8, 4) is 0 Å². The van der Waals surface area contributed by atoms with Gasteiger partial charge in [-0.25, -0.2) is 4.79 Å². The highest BCUT2D eigenvalue weighted by molar-refractivity contribution is 6.30. The van der Waals surface area contributed by atoms with Crippen LogP contribution in [0, 0.1) is 0 Å². The van der Waals surface area contributed by atoms with Crippen molar-refractivity contribution in [2.75, 3.05) is 32.7 Å². The van der Waals surface area contributed by atoms with E-state index in [2.05, 4.69) is 21.6 Å². The summed E-state index contributed by atoms with van der Waals surface area (Å²) in [5.41, 5.74) is 0.543. The summed E-state index contributed by atoms with van der Waals surface area (Å²) in [5.74, 6) is -0.0329. The van der Waals surface area contributed by atoms with Gasteiger partial charge in [-0.15, -0.1) is 0 Å². The number of hydrogen-bond acceptors (Lipinski definition) is 4. The SMILES string of the molecule is O=C1NC2(CCCC2)C(=O)N1CCN1CCNCC1c1cccc(Cl)c1. The van der Waals surface area contributed by atoms with Gasteiger partial charge in [0.1, 0.15) is 5.54 Å². The Morgan fingerprint density at radius 3 is 2.77 bits per heavy atom. The number of hydrogen-bond donors (Lipinski definition) is 2. The summed E-state index contributed by atoms with van der Waals surface area (Å²) >= 11 is 6.16. The fraction of sp³-hybridized carbons (Fsp3) is 0.579. The van der Waals surface area contributed by atoms with E-state index in [0.717, 1.165) is 55.9 Å². The number of nitrogens with one attached hydrogen (secondary N) is 2. The molecular formula is C19H25ClN4O2. The lowest BCUT2D eigenvalue weighted by Gasteiger charge is -2.37. The molecule has 1 aliphatic carbocycles. The fourth-order valence-corrected chi connectivity index (χ4v) is 4.68. The number of imide groups is 1. The van der Waals surface area contributed by atoms with Crippen molar-refractivity contribution in [2.24, 2.45) is 0 Å². The van der Waals surface area contributed by atoms with Crippen LogP contribution in [0.4, 0.5) is 4.79 Å². The molecule has 1 aromatic rings. The van der Waals surface area contributed by atoms with Crippen LogP contribution in [0.25, 0.3) is 0 Å². The molecule has 26 heavy (non-hydrogen) atoms. The van der Waals surface area contributed by atoms with E-state index in [0.29, 0.717) is 13.1 Å². The van der Waals surface area contributed by atoms with Gasteiger partial charge in [0, 0.05) is 43.8 Å². The maximum Gasteiger partial charge on any atom is 0.325 e. The lowest BCUT2D eigenvalue weighted by atomic mass is 9.98. The molecule has 2 N–H and O–H groups in total. The molecule has 0 aromatic heterocycles. The fourth-order valence-electron chi connectivity index (χ4n) is 4.48. The molecule has 0 bridgehead atoms. The normalized spacial score (nSPS) is 25.9. The molecule has 3 fully saturated rings. The first-order chi connectivity index (χ1) is 12.6. The molecule has 7 heteroatoms. The Morgan fingerprint density at radius 1 is 1.19 bits per heavy atom. The molecule has 3 amide bonds. The number of piperazine rings is 1. The lowest BCUT2D eigenvalue weighted by Crippen LogP contribution is -2.49. The number of amides is 3. The van der Waals surface area contributed by atoms with Crippen LogP contribution in [-0.2, 0) is 4.79 Å². The molecule has 6 nitrogen and oxygen atoms in total. The van der Waals surface area contributed by atoms with E-state index in [1.807, 2.05) is 18.2 Å². The zero-order valence-corrected chi connectivity index (χ0v) is 15.6. The van der Waals surface area contributed by atoms with Crippen LogP contribution in [0.15, 0.2) is 24.3 Å². The summed E-state index contributed by atoms with van der Waals surface area (Å²) in [6.45, 7) is 3.73. The quantitative estimate of drug-likeness (QED) is 0.790. The maximum atomic E-state index is 12.8. The molecule has 0 radical (unpaired) electrons. The summed E-state index contributed by atoms with van der Waals surface area (Å²) < 4.78 is 0. The minimum atomic E-state index is -0.618. The Labute approximate surface area is 158 Å². The molecule has 140 valence electrons. The number of urea groups is 1. The molecule has 1 saturated carbocycles. The second-order valence-corrected chi connectivity index (χ2v) is 7.92. The number of carbonyl (C=O) groups is 2. The van der Waals surface area contributed by atoms with E-state index in [1.165, 1.54) is 4.90 Å². The van der Waals surface area contributed by atoms with Crippen LogP contribution in [0.2, 0.25) is 5.02 Å². The Kier molecular flexibility index (Phi) is 4.90. The van der Waals surface area contributed by atoms with E-state index in [1.54, 1.807) is 0 Å². The van der Waals surface area contributed by atoms with Gasteiger partial charge in [0.2, 0.25) is 0 Å². The minimum Gasteiger partial charge on any atom is -0.323 e. The van der Waals surface area contributed by atoms with E-state index in [-0.39, 0.29) is 18.0 Å². The number of nitrogens with zero attached hydrogens (tertiary/aromatic N) is 2. The van der Waals surface area contributed by atoms with Crippen LogP contribution in [0.3, 0.4) is 0 Å². The predicted molar refractivity (Wildman–Crippen MR) is 100 cm³/mol. The molecule has 4 rings (SSSR count). The van der Waals surface area contributed by atoms with Crippen molar-refractivity contribution in [2.45, 2.75) is 37.3 Å². The lowest BCUT2D eigenvalue weighted by molar-refractivity contribution is -0.131. The Hall–Kier alpha value is -1.63. The van der Waals surface area contributed by atoms with Gasteiger partial charge in [0.25, 0.3) is 5.91 Å². The third-order valence-electron chi connectivity index (χ3n) is 5.90. The van der Waals surface area contributed by atoms with Gasteiger partial charge in [0.15, 0.2) is 0 Å². The summed E-state index contributed by atoms with van der Waals surface area (Å²) in [6.07, 6.45) is 3.56. The number of benzene rings is 1. The van der Waals surface area contributed by atoms with Gasteiger partial charge in [-0.1, -0.05) is 36.6 Å². The second kappa shape index (κ2) is 7.18. The highest BCUT2D eigenvalue weighted by Crippen LogP contribution is 2.35. The summed E-state index contributed by atoms with van der Waals surface area (Å²) in [7, 11) is 0. The first-order valence-electron chi connectivity index (χ1n) is 9.43. The van der Waals surface area contributed by atoms with Gasteiger partial charge in [-0.05, 0) is 30.5 Å². The van der Waals surface area contributed by atoms with Crippen LogP contribution in [-0.4, -0.2) is 60.0 Å². The molecule has 1 spiro atoms. The highest BCUT2D eigenvalue weighted by atomic mass is 35.5. The summed E-state index contributed by atoms with van der Waals surface area (Å²) in [4.78, 5) is 28.9. The van der Waals surface area contributed by atoms with Crippen LogP contribution >= 0.6 is 11.6 Å².